The lowest BCUT2D eigenvalue weighted by atomic mass is 9.93. The SMILES string of the molecule is Br.OC1(Cc2ccc(Cl)cc2)C(c2ccc(Cl)cc2)SC2=NCCCCCN21. The van der Waals surface area contributed by atoms with Crippen molar-refractivity contribution < 1.29 is 5.11 Å². The molecule has 0 amide bonds. The summed E-state index contributed by atoms with van der Waals surface area (Å²) < 4.78 is 0. The Hall–Kier alpha value is -0.720. The molecular formula is C21H23BrCl2N2OS. The van der Waals surface area contributed by atoms with E-state index in [4.69, 9.17) is 28.2 Å². The highest BCUT2D eigenvalue weighted by atomic mass is 79.9. The standard InChI is InChI=1S/C21H22Cl2N2OS.BrH/c22-17-8-4-15(5-9-17)14-21(26)19(16-6-10-18(23)11-7-16)27-20-24-12-2-1-3-13-25(20)21;/h4-11,19,26H,1-3,12-14H2;1H. The molecule has 2 heterocycles. The lowest BCUT2D eigenvalue weighted by molar-refractivity contribution is -0.0649. The van der Waals surface area contributed by atoms with Crippen LogP contribution >= 0.6 is 51.9 Å². The number of benzene rings is 2. The Morgan fingerprint density at radius 2 is 1.64 bits per heavy atom. The Morgan fingerprint density at radius 3 is 2.32 bits per heavy atom. The van der Waals surface area contributed by atoms with E-state index in [-0.39, 0.29) is 22.2 Å². The van der Waals surface area contributed by atoms with Gasteiger partial charge in [-0.25, -0.2) is 0 Å². The first-order chi connectivity index (χ1) is 13.1. The van der Waals surface area contributed by atoms with Crippen molar-refractivity contribution in [2.45, 2.75) is 36.7 Å². The van der Waals surface area contributed by atoms with Gasteiger partial charge in [-0.2, -0.15) is 0 Å². The zero-order chi connectivity index (χ0) is 18.9. The molecule has 2 unspecified atom stereocenters. The van der Waals surface area contributed by atoms with Crippen LogP contribution in [0.4, 0.5) is 0 Å². The normalized spacial score (nSPS) is 24.6. The van der Waals surface area contributed by atoms with Crippen LogP contribution in [0.2, 0.25) is 10.0 Å². The summed E-state index contributed by atoms with van der Waals surface area (Å²) in [6.07, 6.45) is 3.83. The van der Waals surface area contributed by atoms with Crippen LogP contribution in [0.15, 0.2) is 53.5 Å². The molecule has 2 aliphatic heterocycles. The highest BCUT2D eigenvalue weighted by Crippen LogP contribution is 2.51. The molecule has 0 spiro atoms. The summed E-state index contributed by atoms with van der Waals surface area (Å²) in [6, 6.07) is 15.5. The van der Waals surface area contributed by atoms with Crippen molar-refractivity contribution in [3.8, 4) is 0 Å². The van der Waals surface area contributed by atoms with Gasteiger partial charge < -0.3 is 10.0 Å². The fourth-order valence-corrected chi connectivity index (χ4v) is 5.48. The van der Waals surface area contributed by atoms with E-state index in [0.717, 1.165) is 48.6 Å². The Bertz CT molecular complexity index is 831. The number of rotatable bonds is 3. The van der Waals surface area contributed by atoms with E-state index in [9.17, 15) is 5.11 Å². The fraction of sp³-hybridized carbons (Fsp3) is 0.381. The Balaban J connectivity index is 0.00000225. The van der Waals surface area contributed by atoms with E-state index >= 15 is 0 Å². The summed E-state index contributed by atoms with van der Waals surface area (Å²) in [7, 11) is 0. The largest absolute Gasteiger partial charge is 0.369 e. The third-order valence-corrected chi connectivity index (χ3v) is 7.13. The monoisotopic (exact) mass is 500 g/mol. The second-order valence-corrected chi connectivity index (χ2v) is 9.05. The van der Waals surface area contributed by atoms with E-state index in [0.29, 0.717) is 16.5 Å². The van der Waals surface area contributed by atoms with E-state index in [1.165, 1.54) is 0 Å². The zero-order valence-corrected chi connectivity index (χ0v) is 19.4. The van der Waals surface area contributed by atoms with Gasteiger partial charge in [0.15, 0.2) is 10.9 Å². The first kappa shape index (κ1) is 22.0. The van der Waals surface area contributed by atoms with Crippen molar-refractivity contribution in [2.75, 3.05) is 13.1 Å². The molecule has 1 fully saturated rings. The molecule has 28 heavy (non-hydrogen) atoms. The smallest absolute Gasteiger partial charge is 0.162 e. The summed E-state index contributed by atoms with van der Waals surface area (Å²) in [6.45, 7) is 1.64. The van der Waals surface area contributed by atoms with Crippen molar-refractivity contribution in [1.82, 2.24) is 4.90 Å². The average molecular weight is 502 g/mol. The van der Waals surface area contributed by atoms with E-state index in [2.05, 4.69) is 4.90 Å². The van der Waals surface area contributed by atoms with Gasteiger partial charge in [-0.05, 0) is 54.7 Å². The summed E-state index contributed by atoms with van der Waals surface area (Å²) >= 11 is 13.8. The highest BCUT2D eigenvalue weighted by Gasteiger charge is 2.51. The van der Waals surface area contributed by atoms with Crippen LogP contribution in [0.3, 0.4) is 0 Å². The first-order valence-corrected chi connectivity index (χ1v) is 10.9. The average Bonchev–Trinajstić information content (AvgIpc) is 2.89. The Morgan fingerprint density at radius 1 is 1.00 bits per heavy atom. The van der Waals surface area contributed by atoms with Gasteiger partial charge >= 0.3 is 0 Å². The van der Waals surface area contributed by atoms with E-state index < -0.39 is 5.72 Å². The van der Waals surface area contributed by atoms with Crippen molar-refractivity contribution in [2.24, 2.45) is 4.99 Å². The number of hydrogen-bond acceptors (Lipinski definition) is 4. The number of fused-ring (bicyclic) bond motifs is 1. The van der Waals surface area contributed by atoms with E-state index in [1.807, 2.05) is 48.5 Å². The number of aliphatic hydroxyl groups is 1. The molecule has 0 radical (unpaired) electrons. The van der Waals surface area contributed by atoms with Crippen LogP contribution in [0.25, 0.3) is 0 Å². The summed E-state index contributed by atoms with van der Waals surface area (Å²) in [4.78, 5) is 6.90. The van der Waals surface area contributed by atoms with Crippen LogP contribution in [0.1, 0.15) is 35.6 Å². The quantitative estimate of drug-likeness (QED) is 0.549. The molecule has 1 saturated heterocycles. The minimum absolute atomic E-state index is 0. The maximum Gasteiger partial charge on any atom is 0.162 e. The molecule has 0 aliphatic carbocycles. The van der Waals surface area contributed by atoms with Crippen LogP contribution < -0.4 is 0 Å². The van der Waals surface area contributed by atoms with Gasteiger partial charge in [-0.1, -0.05) is 59.2 Å². The number of amidine groups is 1. The number of hydrogen-bond donors (Lipinski definition) is 1. The lowest BCUT2D eigenvalue weighted by Gasteiger charge is -2.38. The molecule has 1 N–H and O–H groups in total. The summed E-state index contributed by atoms with van der Waals surface area (Å²) in [5, 5.41) is 14.2. The van der Waals surface area contributed by atoms with Gasteiger partial charge in [-0.3, -0.25) is 4.99 Å². The first-order valence-electron chi connectivity index (χ1n) is 9.27. The number of halogens is 3. The van der Waals surface area contributed by atoms with Gasteiger partial charge in [0.1, 0.15) is 0 Å². The highest BCUT2D eigenvalue weighted by molar-refractivity contribution is 8.93. The molecule has 2 aliphatic rings. The lowest BCUT2D eigenvalue weighted by Crippen LogP contribution is -2.51. The van der Waals surface area contributed by atoms with Gasteiger partial charge in [0, 0.05) is 29.6 Å². The van der Waals surface area contributed by atoms with Gasteiger partial charge in [-0.15, -0.1) is 17.0 Å². The molecule has 0 aromatic heterocycles. The predicted molar refractivity (Wildman–Crippen MR) is 125 cm³/mol. The second kappa shape index (κ2) is 9.40. The molecule has 3 nitrogen and oxygen atoms in total. The molecule has 2 aromatic rings. The molecule has 0 bridgehead atoms. The van der Waals surface area contributed by atoms with Crippen molar-refractivity contribution in [3.05, 3.63) is 69.7 Å². The molecule has 7 heteroatoms. The van der Waals surface area contributed by atoms with Crippen LogP contribution in [-0.4, -0.2) is 34.0 Å². The van der Waals surface area contributed by atoms with Crippen molar-refractivity contribution in [3.63, 3.8) is 0 Å². The van der Waals surface area contributed by atoms with Crippen molar-refractivity contribution >= 4 is 57.1 Å². The zero-order valence-electron chi connectivity index (χ0n) is 15.4. The van der Waals surface area contributed by atoms with Crippen LogP contribution in [0, 0.1) is 0 Å². The predicted octanol–water partition coefficient (Wildman–Crippen LogP) is 6.13. The minimum atomic E-state index is -1.04. The van der Waals surface area contributed by atoms with Gasteiger partial charge in [0.2, 0.25) is 0 Å². The second-order valence-electron chi connectivity index (χ2n) is 7.11. The Labute approximate surface area is 190 Å². The number of thioether (sulfide) groups is 1. The molecule has 150 valence electrons. The third kappa shape index (κ3) is 4.54. The summed E-state index contributed by atoms with van der Waals surface area (Å²) in [5.41, 5.74) is 1.09. The van der Waals surface area contributed by atoms with Crippen LogP contribution in [0.5, 0.6) is 0 Å². The number of nitrogens with zero attached hydrogens (tertiary/aromatic N) is 2. The fourth-order valence-electron chi connectivity index (χ4n) is 3.78. The maximum atomic E-state index is 12.0. The van der Waals surface area contributed by atoms with Gasteiger partial charge in [0.25, 0.3) is 0 Å². The third-order valence-electron chi connectivity index (χ3n) is 5.18. The maximum absolute atomic E-state index is 12.0. The molecule has 2 aromatic carbocycles. The van der Waals surface area contributed by atoms with Crippen molar-refractivity contribution in [1.29, 1.82) is 0 Å². The molecule has 2 atom stereocenters. The Kier molecular flexibility index (Phi) is 7.37. The number of aliphatic imine (C=N–C) groups is 1. The van der Waals surface area contributed by atoms with E-state index in [1.54, 1.807) is 11.8 Å². The molecule has 4 rings (SSSR count). The molecule has 0 saturated carbocycles. The topological polar surface area (TPSA) is 35.8 Å². The van der Waals surface area contributed by atoms with Gasteiger partial charge in [0.05, 0.1) is 5.25 Å². The molecular weight excluding hydrogens is 479 g/mol. The van der Waals surface area contributed by atoms with Crippen LogP contribution in [-0.2, 0) is 6.42 Å². The minimum Gasteiger partial charge on any atom is -0.369 e. The summed E-state index contributed by atoms with van der Waals surface area (Å²) in [5.74, 6) is 0.